The second-order valence-electron chi connectivity index (χ2n) is 4.09. The topological polar surface area (TPSA) is 58.0 Å². The molecule has 4 nitrogen and oxygen atoms in total. The van der Waals surface area contributed by atoms with Crippen molar-refractivity contribution in [2.45, 2.75) is 40.0 Å². The second kappa shape index (κ2) is 6.15. The normalized spacial score (nSPS) is 11.8. The molecule has 0 aromatic carbocycles. The molecule has 0 aliphatic carbocycles. The predicted octanol–water partition coefficient (Wildman–Crippen LogP) is 2.31. The minimum Gasteiger partial charge on any atom is -0.396 e. The van der Waals surface area contributed by atoms with E-state index in [2.05, 4.69) is 28.5 Å². The van der Waals surface area contributed by atoms with Crippen LogP contribution in [0.25, 0.3) is 0 Å². The first-order chi connectivity index (χ1) is 7.69. The number of nitrogens with one attached hydrogen (secondary N) is 1. The van der Waals surface area contributed by atoms with Gasteiger partial charge in [-0.2, -0.15) is 4.37 Å². The summed E-state index contributed by atoms with van der Waals surface area (Å²) in [5.41, 5.74) is -0.0297. The Bertz CT molecular complexity index is 302. The summed E-state index contributed by atoms with van der Waals surface area (Å²) in [7, 11) is 0. The molecule has 1 heterocycles. The molecule has 0 unspecified atom stereocenters. The van der Waals surface area contributed by atoms with Crippen LogP contribution in [-0.2, 0) is 6.42 Å². The number of aliphatic hydroxyl groups is 1. The third kappa shape index (κ3) is 3.15. The first kappa shape index (κ1) is 13.4. The van der Waals surface area contributed by atoms with E-state index in [1.807, 2.05) is 6.92 Å². The lowest BCUT2D eigenvalue weighted by Crippen LogP contribution is -2.32. The Morgan fingerprint density at radius 1 is 1.31 bits per heavy atom. The Labute approximate surface area is 101 Å². The molecular formula is C11H21N3OS. The summed E-state index contributed by atoms with van der Waals surface area (Å²) in [5.74, 6) is 0.884. The van der Waals surface area contributed by atoms with Gasteiger partial charge in [0, 0.05) is 29.9 Å². The number of hydrogen-bond donors (Lipinski definition) is 2. The van der Waals surface area contributed by atoms with Crippen molar-refractivity contribution in [1.29, 1.82) is 0 Å². The van der Waals surface area contributed by atoms with E-state index in [9.17, 15) is 5.11 Å². The van der Waals surface area contributed by atoms with Crippen LogP contribution in [0.4, 0.5) is 5.13 Å². The van der Waals surface area contributed by atoms with Crippen LogP contribution in [0, 0.1) is 5.41 Å². The fourth-order valence-corrected chi connectivity index (χ4v) is 2.16. The Morgan fingerprint density at radius 2 is 2.00 bits per heavy atom. The smallest absolute Gasteiger partial charge is 0.202 e. The fraction of sp³-hybridized carbons (Fsp3) is 0.818. The first-order valence-corrected chi connectivity index (χ1v) is 6.64. The van der Waals surface area contributed by atoms with Crippen molar-refractivity contribution in [3.05, 3.63) is 5.82 Å². The van der Waals surface area contributed by atoms with Crippen molar-refractivity contribution in [3.8, 4) is 0 Å². The second-order valence-corrected chi connectivity index (χ2v) is 4.84. The van der Waals surface area contributed by atoms with Gasteiger partial charge in [-0.25, -0.2) is 4.98 Å². The summed E-state index contributed by atoms with van der Waals surface area (Å²) in [4.78, 5) is 4.35. The van der Waals surface area contributed by atoms with Gasteiger partial charge in [-0.05, 0) is 12.8 Å². The highest BCUT2D eigenvalue weighted by molar-refractivity contribution is 7.09. The van der Waals surface area contributed by atoms with Crippen molar-refractivity contribution in [2.75, 3.05) is 18.5 Å². The molecule has 0 aliphatic rings. The molecule has 1 aromatic heterocycles. The zero-order valence-electron chi connectivity index (χ0n) is 10.3. The number of anilines is 1. The van der Waals surface area contributed by atoms with E-state index in [1.54, 1.807) is 0 Å². The van der Waals surface area contributed by atoms with E-state index in [0.29, 0.717) is 0 Å². The highest BCUT2D eigenvalue weighted by Crippen LogP contribution is 2.26. The van der Waals surface area contributed by atoms with E-state index in [4.69, 9.17) is 0 Å². The molecule has 2 N–H and O–H groups in total. The first-order valence-electron chi connectivity index (χ1n) is 5.87. The molecule has 0 fully saturated rings. The molecule has 0 atom stereocenters. The van der Waals surface area contributed by atoms with E-state index < -0.39 is 0 Å². The minimum atomic E-state index is -0.0297. The largest absolute Gasteiger partial charge is 0.396 e. The number of aliphatic hydroxyl groups excluding tert-OH is 1. The summed E-state index contributed by atoms with van der Waals surface area (Å²) in [5, 5.41) is 13.6. The maximum absolute atomic E-state index is 9.43. The molecule has 0 amide bonds. The molecule has 0 saturated carbocycles. The maximum Gasteiger partial charge on any atom is 0.202 e. The standard InChI is InChI=1S/C11H21N3OS/c1-4-9-13-10(16-14-9)12-7-11(5-2,6-3)8-15/h15H,4-8H2,1-3H3,(H,12,13,14). The van der Waals surface area contributed by atoms with Crippen LogP contribution in [0.3, 0.4) is 0 Å². The number of nitrogens with zero attached hydrogens (tertiary/aromatic N) is 2. The molecule has 0 spiro atoms. The summed E-state index contributed by atoms with van der Waals surface area (Å²) in [6.45, 7) is 7.24. The van der Waals surface area contributed by atoms with Crippen molar-refractivity contribution >= 4 is 16.7 Å². The maximum atomic E-state index is 9.43. The van der Waals surface area contributed by atoms with Crippen LogP contribution in [0.2, 0.25) is 0 Å². The van der Waals surface area contributed by atoms with Gasteiger partial charge in [0.15, 0.2) is 0 Å². The Morgan fingerprint density at radius 3 is 2.44 bits per heavy atom. The van der Waals surface area contributed by atoms with Crippen LogP contribution in [-0.4, -0.2) is 27.6 Å². The SMILES string of the molecule is CCc1nsc(NCC(CC)(CC)CO)n1. The molecule has 92 valence electrons. The highest BCUT2D eigenvalue weighted by atomic mass is 32.1. The van der Waals surface area contributed by atoms with Gasteiger partial charge in [-0.3, -0.25) is 0 Å². The minimum absolute atomic E-state index is 0.0297. The number of hydrogen-bond acceptors (Lipinski definition) is 5. The fourth-order valence-electron chi connectivity index (χ4n) is 1.51. The third-order valence-electron chi connectivity index (χ3n) is 3.23. The molecule has 0 saturated heterocycles. The van der Waals surface area contributed by atoms with Crippen LogP contribution in [0.15, 0.2) is 0 Å². The molecular weight excluding hydrogens is 222 g/mol. The summed E-state index contributed by atoms with van der Waals surface area (Å²) in [6.07, 6.45) is 2.80. The zero-order chi connectivity index (χ0) is 12.0. The number of rotatable bonds is 7. The van der Waals surface area contributed by atoms with E-state index in [0.717, 1.165) is 36.8 Å². The molecule has 1 aromatic rings. The van der Waals surface area contributed by atoms with Gasteiger partial charge in [0.05, 0.1) is 6.61 Å². The molecule has 16 heavy (non-hydrogen) atoms. The average molecular weight is 243 g/mol. The monoisotopic (exact) mass is 243 g/mol. The Balaban J connectivity index is 2.55. The molecule has 5 heteroatoms. The summed E-state index contributed by atoms with van der Waals surface area (Å²) in [6, 6.07) is 0. The molecule has 0 aliphatic heterocycles. The Kier molecular flexibility index (Phi) is 5.15. The third-order valence-corrected chi connectivity index (χ3v) is 3.94. The van der Waals surface area contributed by atoms with Crippen LogP contribution >= 0.6 is 11.5 Å². The molecule has 0 radical (unpaired) electrons. The van der Waals surface area contributed by atoms with Gasteiger partial charge in [0.1, 0.15) is 5.82 Å². The van der Waals surface area contributed by atoms with E-state index >= 15 is 0 Å². The van der Waals surface area contributed by atoms with Gasteiger partial charge < -0.3 is 10.4 Å². The van der Waals surface area contributed by atoms with Gasteiger partial charge >= 0.3 is 0 Å². The molecule has 0 bridgehead atoms. The highest BCUT2D eigenvalue weighted by Gasteiger charge is 2.25. The lowest BCUT2D eigenvalue weighted by atomic mass is 9.83. The average Bonchev–Trinajstić information content (AvgIpc) is 2.80. The van der Waals surface area contributed by atoms with Gasteiger partial charge in [-0.15, -0.1) is 0 Å². The van der Waals surface area contributed by atoms with Gasteiger partial charge in [0.2, 0.25) is 5.13 Å². The molecule has 1 rings (SSSR count). The van der Waals surface area contributed by atoms with Crippen molar-refractivity contribution < 1.29 is 5.11 Å². The van der Waals surface area contributed by atoms with Crippen molar-refractivity contribution in [3.63, 3.8) is 0 Å². The van der Waals surface area contributed by atoms with Gasteiger partial charge in [0.25, 0.3) is 0 Å². The van der Waals surface area contributed by atoms with Crippen molar-refractivity contribution in [1.82, 2.24) is 9.36 Å². The van der Waals surface area contributed by atoms with E-state index in [1.165, 1.54) is 11.5 Å². The van der Waals surface area contributed by atoms with Crippen molar-refractivity contribution in [2.24, 2.45) is 5.41 Å². The number of aromatic nitrogens is 2. The number of aryl methyl sites for hydroxylation is 1. The quantitative estimate of drug-likeness (QED) is 0.771. The lowest BCUT2D eigenvalue weighted by Gasteiger charge is -2.29. The van der Waals surface area contributed by atoms with Gasteiger partial charge in [-0.1, -0.05) is 20.8 Å². The predicted molar refractivity (Wildman–Crippen MR) is 67.9 cm³/mol. The van der Waals surface area contributed by atoms with E-state index in [-0.39, 0.29) is 12.0 Å². The zero-order valence-corrected chi connectivity index (χ0v) is 11.1. The summed E-state index contributed by atoms with van der Waals surface area (Å²) < 4.78 is 4.22. The van der Waals surface area contributed by atoms with Crippen LogP contribution < -0.4 is 5.32 Å². The Hall–Kier alpha value is -0.680. The summed E-state index contributed by atoms with van der Waals surface area (Å²) >= 11 is 1.39. The van der Waals surface area contributed by atoms with Crippen LogP contribution in [0.5, 0.6) is 0 Å². The van der Waals surface area contributed by atoms with Crippen LogP contribution in [0.1, 0.15) is 39.4 Å². The lowest BCUT2D eigenvalue weighted by molar-refractivity contribution is 0.127.